The highest BCUT2D eigenvalue weighted by atomic mass is 35.5. The van der Waals surface area contributed by atoms with Gasteiger partial charge >= 0.3 is 6.18 Å². The van der Waals surface area contributed by atoms with E-state index in [2.05, 4.69) is 10.3 Å². The average Bonchev–Trinajstić information content (AvgIpc) is 2.45. The van der Waals surface area contributed by atoms with Crippen LogP contribution in [0.4, 0.5) is 19.0 Å². The number of alkyl halides is 4. The summed E-state index contributed by atoms with van der Waals surface area (Å²) in [6.07, 6.45) is -4.46. The summed E-state index contributed by atoms with van der Waals surface area (Å²) >= 11 is 5.87. The minimum absolute atomic E-state index is 0.148. The topological polar surface area (TPSA) is 24.9 Å². The SMILES string of the molecule is FC(F)(F)c1cccc(NC(CCl)c2ccccc2)n1. The Morgan fingerprint density at radius 2 is 1.75 bits per heavy atom. The molecule has 2 rings (SSSR count). The van der Waals surface area contributed by atoms with Crippen LogP contribution in [-0.4, -0.2) is 10.9 Å². The predicted molar refractivity (Wildman–Crippen MR) is 72.8 cm³/mol. The largest absolute Gasteiger partial charge is 0.433 e. The smallest absolute Gasteiger partial charge is 0.362 e. The van der Waals surface area contributed by atoms with Crippen LogP contribution in [-0.2, 0) is 6.18 Å². The minimum Gasteiger partial charge on any atom is -0.362 e. The first-order valence-electron chi connectivity index (χ1n) is 5.92. The van der Waals surface area contributed by atoms with Crippen molar-refractivity contribution in [2.24, 2.45) is 0 Å². The van der Waals surface area contributed by atoms with E-state index in [-0.39, 0.29) is 17.7 Å². The molecule has 2 nitrogen and oxygen atoms in total. The van der Waals surface area contributed by atoms with Crippen LogP contribution in [0.25, 0.3) is 0 Å². The molecule has 0 aliphatic heterocycles. The van der Waals surface area contributed by atoms with Gasteiger partial charge in [-0.25, -0.2) is 4.98 Å². The molecule has 0 saturated carbocycles. The number of nitrogens with zero attached hydrogens (tertiary/aromatic N) is 1. The highest BCUT2D eigenvalue weighted by molar-refractivity contribution is 6.18. The second-order valence-corrected chi connectivity index (χ2v) is 4.48. The molecule has 1 atom stereocenters. The number of halogens is 4. The molecule has 1 aromatic heterocycles. The molecule has 0 saturated heterocycles. The van der Waals surface area contributed by atoms with Gasteiger partial charge in [0.15, 0.2) is 0 Å². The predicted octanol–water partition coefficient (Wildman–Crippen LogP) is 4.49. The van der Waals surface area contributed by atoms with E-state index < -0.39 is 11.9 Å². The molecule has 6 heteroatoms. The summed E-state index contributed by atoms with van der Waals surface area (Å²) < 4.78 is 37.8. The molecular weight excluding hydrogens is 289 g/mol. The normalized spacial score (nSPS) is 13.0. The van der Waals surface area contributed by atoms with Crippen LogP contribution in [0.1, 0.15) is 17.3 Å². The lowest BCUT2D eigenvalue weighted by Gasteiger charge is -2.18. The summed E-state index contributed by atoms with van der Waals surface area (Å²) in [6.45, 7) is 0. The van der Waals surface area contributed by atoms with Crippen molar-refractivity contribution >= 4 is 17.4 Å². The van der Waals surface area contributed by atoms with Crippen molar-refractivity contribution in [3.05, 3.63) is 59.8 Å². The Kier molecular flexibility index (Phi) is 4.49. The highest BCUT2D eigenvalue weighted by Gasteiger charge is 2.32. The van der Waals surface area contributed by atoms with Gasteiger partial charge in [-0.15, -0.1) is 11.6 Å². The third kappa shape index (κ3) is 3.63. The molecule has 0 aliphatic carbocycles. The maximum absolute atomic E-state index is 12.6. The fourth-order valence-electron chi connectivity index (χ4n) is 1.75. The lowest BCUT2D eigenvalue weighted by molar-refractivity contribution is -0.141. The molecule has 0 amide bonds. The second-order valence-electron chi connectivity index (χ2n) is 4.17. The summed E-state index contributed by atoms with van der Waals surface area (Å²) in [7, 11) is 0. The van der Waals surface area contributed by atoms with E-state index in [1.807, 2.05) is 30.3 Å². The minimum atomic E-state index is -4.46. The number of aromatic nitrogens is 1. The average molecular weight is 301 g/mol. The molecule has 20 heavy (non-hydrogen) atoms. The molecular formula is C14H12ClF3N2. The molecule has 2 aromatic rings. The summed E-state index contributed by atoms with van der Waals surface area (Å²) in [5, 5.41) is 2.91. The Morgan fingerprint density at radius 3 is 2.35 bits per heavy atom. The van der Waals surface area contributed by atoms with Crippen LogP contribution in [0.2, 0.25) is 0 Å². The first-order valence-corrected chi connectivity index (χ1v) is 6.46. The molecule has 0 spiro atoms. The van der Waals surface area contributed by atoms with Gasteiger partial charge < -0.3 is 5.32 Å². The van der Waals surface area contributed by atoms with Crippen molar-refractivity contribution in [1.29, 1.82) is 0 Å². The van der Waals surface area contributed by atoms with Crippen LogP contribution in [0.5, 0.6) is 0 Å². The molecule has 106 valence electrons. The van der Waals surface area contributed by atoms with Gasteiger partial charge in [-0.1, -0.05) is 36.4 Å². The Labute approximate surface area is 119 Å². The van der Waals surface area contributed by atoms with E-state index in [1.54, 1.807) is 0 Å². The van der Waals surface area contributed by atoms with Gasteiger partial charge in [-0.3, -0.25) is 0 Å². The van der Waals surface area contributed by atoms with Gasteiger partial charge in [0.2, 0.25) is 0 Å². The zero-order chi connectivity index (χ0) is 14.6. The zero-order valence-corrected chi connectivity index (χ0v) is 11.1. The Hall–Kier alpha value is -1.75. The number of anilines is 1. The van der Waals surface area contributed by atoms with E-state index in [0.29, 0.717) is 0 Å². The van der Waals surface area contributed by atoms with Crippen molar-refractivity contribution in [3.63, 3.8) is 0 Å². The van der Waals surface area contributed by atoms with Gasteiger partial charge in [-0.05, 0) is 17.7 Å². The number of pyridine rings is 1. The highest BCUT2D eigenvalue weighted by Crippen LogP contribution is 2.29. The molecule has 1 aromatic carbocycles. The Morgan fingerprint density at radius 1 is 1.05 bits per heavy atom. The number of hydrogen-bond acceptors (Lipinski definition) is 2. The number of rotatable bonds is 4. The molecule has 0 fully saturated rings. The number of benzene rings is 1. The van der Waals surface area contributed by atoms with Crippen molar-refractivity contribution in [2.45, 2.75) is 12.2 Å². The third-order valence-corrected chi connectivity index (χ3v) is 3.03. The lowest BCUT2D eigenvalue weighted by atomic mass is 10.1. The third-order valence-electron chi connectivity index (χ3n) is 2.72. The fourth-order valence-corrected chi connectivity index (χ4v) is 2.00. The number of hydrogen-bond donors (Lipinski definition) is 1. The second kappa shape index (κ2) is 6.13. The van der Waals surface area contributed by atoms with Gasteiger partial charge in [0.25, 0.3) is 0 Å². The maximum atomic E-state index is 12.6. The van der Waals surface area contributed by atoms with E-state index in [0.717, 1.165) is 11.6 Å². The van der Waals surface area contributed by atoms with Gasteiger partial charge in [-0.2, -0.15) is 13.2 Å². The van der Waals surface area contributed by atoms with Crippen molar-refractivity contribution in [2.75, 3.05) is 11.2 Å². The van der Waals surface area contributed by atoms with Gasteiger partial charge in [0.1, 0.15) is 11.5 Å². The van der Waals surface area contributed by atoms with Crippen LogP contribution in [0, 0.1) is 0 Å². The van der Waals surface area contributed by atoms with Crippen LogP contribution in [0.3, 0.4) is 0 Å². The molecule has 0 radical (unpaired) electrons. The monoisotopic (exact) mass is 300 g/mol. The van der Waals surface area contributed by atoms with Gasteiger partial charge in [0.05, 0.1) is 6.04 Å². The fraction of sp³-hybridized carbons (Fsp3) is 0.214. The van der Waals surface area contributed by atoms with Gasteiger partial charge in [0, 0.05) is 5.88 Å². The first-order chi connectivity index (χ1) is 9.50. The molecule has 1 unspecified atom stereocenters. The van der Waals surface area contributed by atoms with Crippen molar-refractivity contribution in [3.8, 4) is 0 Å². The first kappa shape index (κ1) is 14.7. The van der Waals surface area contributed by atoms with Crippen molar-refractivity contribution in [1.82, 2.24) is 4.98 Å². The summed E-state index contributed by atoms with van der Waals surface area (Å²) in [5.41, 5.74) is -0.0365. The maximum Gasteiger partial charge on any atom is 0.433 e. The summed E-state index contributed by atoms with van der Waals surface area (Å²) in [4.78, 5) is 3.56. The molecule has 1 heterocycles. The lowest BCUT2D eigenvalue weighted by Crippen LogP contribution is -2.15. The summed E-state index contributed by atoms with van der Waals surface area (Å²) in [6, 6.07) is 12.7. The Bertz CT molecular complexity index is 558. The zero-order valence-electron chi connectivity index (χ0n) is 10.4. The van der Waals surface area contributed by atoms with Crippen LogP contribution < -0.4 is 5.32 Å². The molecule has 0 bridgehead atoms. The van der Waals surface area contributed by atoms with Crippen LogP contribution in [0.15, 0.2) is 48.5 Å². The number of nitrogens with one attached hydrogen (secondary N) is 1. The molecule has 1 N–H and O–H groups in total. The van der Waals surface area contributed by atoms with E-state index in [4.69, 9.17) is 11.6 Å². The quantitative estimate of drug-likeness (QED) is 0.841. The van der Waals surface area contributed by atoms with E-state index in [9.17, 15) is 13.2 Å². The standard InChI is InChI=1S/C14H12ClF3N2/c15-9-11(10-5-2-1-3-6-10)19-13-8-4-7-12(20-13)14(16,17)18/h1-8,11H,9H2,(H,19,20). The summed E-state index contributed by atoms with van der Waals surface area (Å²) in [5.74, 6) is 0.372. The van der Waals surface area contributed by atoms with Crippen LogP contribution >= 0.6 is 11.6 Å². The Balaban J connectivity index is 2.20. The van der Waals surface area contributed by atoms with E-state index in [1.165, 1.54) is 12.1 Å². The van der Waals surface area contributed by atoms with Crippen molar-refractivity contribution < 1.29 is 13.2 Å². The molecule has 0 aliphatic rings. The van der Waals surface area contributed by atoms with E-state index >= 15 is 0 Å².